The van der Waals surface area contributed by atoms with Crippen LogP contribution in [0.2, 0.25) is 0 Å². The lowest BCUT2D eigenvalue weighted by atomic mass is 9.82. The fourth-order valence-corrected chi connectivity index (χ4v) is 3.72. The van der Waals surface area contributed by atoms with Gasteiger partial charge in [-0.25, -0.2) is 4.79 Å². The predicted octanol–water partition coefficient (Wildman–Crippen LogP) is 2.80. The molecule has 0 spiro atoms. The number of esters is 1. The molecule has 88 valence electrons. The third-order valence-corrected chi connectivity index (χ3v) is 4.50. The molecule has 4 heteroatoms. The monoisotopic (exact) mass is 239 g/mol. The molecule has 2 atom stereocenters. The number of carbonyl (C=O) groups is 1. The average molecular weight is 239 g/mol. The van der Waals surface area contributed by atoms with Crippen molar-refractivity contribution in [2.45, 2.75) is 32.6 Å². The summed E-state index contributed by atoms with van der Waals surface area (Å²) >= 11 is 1.55. The second-order valence-corrected chi connectivity index (χ2v) is 5.71. The van der Waals surface area contributed by atoms with Gasteiger partial charge in [-0.3, -0.25) is 0 Å². The standard InChI is InChI=1S/C12H17NO2S/c1-6-4-7(2)10-8(5-6)9(11(13)16-10)12(14)15-3/h6-7H,4-5,13H2,1-3H3. The number of fused-ring (bicyclic) bond motifs is 1. The molecule has 0 fully saturated rings. The number of methoxy groups -OCH3 is 1. The number of rotatable bonds is 1. The van der Waals surface area contributed by atoms with Crippen LogP contribution in [0.25, 0.3) is 0 Å². The van der Waals surface area contributed by atoms with Crippen molar-refractivity contribution in [3.8, 4) is 0 Å². The van der Waals surface area contributed by atoms with E-state index in [1.165, 1.54) is 18.4 Å². The maximum Gasteiger partial charge on any atom is 0.341 e. The molecule has 1 aromatic heterocycles. The highest BCUT2D eigenvalue weighted by Gasteiger charge is 2.30. The lowest BCUT2D eigenvalue weighted by Gasteiger charge is -2.24. The van der Waals surface area contributed by atoms with Gasteiger partial charge in [0.2, 0.25) is 0 Å². The lowest BCUT2D eigenvalue weighted by Crippen LogP contribution is -2.16. The van der Waals surface area contributed by atoms with Gasteiger partial charge in [0.05, 0.1) is 12.7 Å². The largest absolute Gasteiger partial charge is 0.465 e. The Hall–Kier alpha value is -1.03. The Morgan fingerprint density at radius 3 is 2.81 bits per heavy atom. The van der Waals surface area contributed by atoms with Crippen LogP contribution in [0.4, 0.5) is 5.00 Å². The Balaban J connectivity index is 2.51. The number of nitrogen functional groups attached to an aromatic ring is 1. The molecule has 0 saturated heterocycles. The molecule has 0 radical (unpaired) electrons. The van der Waals surface area contributed by atoms with Gasteiger partial charge in [-0.1, -0.05) is 13.8 Å². The van der Waals surface area contributed by atoms with E-state index in [1.54, 1.807) is 11.3 Å². The molecule has 0 amide bonds. The van der Waals surface area contributed by atoms with Gasteiger partial charge in [-0.05, 0) is 30.2 Å². The zero-order valence-electron chi connectivity index (χ0n) is 9.87. The first-order valence-electron chi connectivity index (χ1n) is 5.54. The number of anilines is 1. The predicted molar refractivity (Wildman–Crippen MR) is 66.0 cm³/mol. The highest BCUT2D eigenvalue weighted by molar-refractivity contribution is 7.16. The summed E-state index contributed by atoms with van der Waals surface area (Å²) in [6.45, 7) is 4.42. The second kappa shape index (κ2) is 4.09. The van der Waals surface area contributed by atoms with Crippen LogP contribution in [0.3, 0.4) is 0 Å². The molecule has 0 aromatic carbocycles. The van der Waals surface area contributed by atoms with Crippen molar-refractivity contribution < 1.29 is 9.53 Å². The Kier molecular flexibility index (Phi) is 2.93. The Bertz CT molecular complexity index is 425. The SMILES string of the molecule is COC(=O)c1c(N)sc2c1CC(C)CC2C. The minimum Gasteiger partial charge on any atom is -0.465 e. The van der Waals surface area contributed by atoms with Crippen LogP contribution in [0, 0.1) is 5.92 Å². The fraction of sp³-hybridized carbons (Fsp3) is 0.583. The van der Waals surface area contributed by atoms with E-state index in [9.17, 15) is 4.79 Å². The van der Waals surface area contributed by atoms with Gasteiger partial charge in [0.1, 0.15) is 5.00 Å². The Morgan fingerprint density at radius 2 is 2.19 bits per heavy atom. The topological polar surface area (TPSA) is 52.3 Å². The smallest absolute Gasteiger partial charge is 0.341 e. The molecule has 2 N–H and O–H groups in total. The molecule has 2 unspecified atom stereocenters. The van der Waals surface area contributed by atoms with E-state index in [1.807, 2.05) is 0 Å². The minimum atomic E-state index is -0.295. The van der Waals surface area contributed by atoms with E-state index >= 15 is 0 Å². The summed E-state index contributed by atoms with van der Waals surface area (Å²) in [6.07, 6.45) is 2.12. The van der Waals surface area contributed by atoms with Gasteiger partial charge in [0.15, 0.2) is 0 Å². The zero-order chi connectivity index (χ0) is 11.9. The number of thiophene rings is 1. The molecule has 1 heterocycles. The summed E-state index contributed by atoms with van der Waals surface area (Å²) in [6, 6.07) is 0. The van der Waals surface area contributed by atoms with E-state index in [0.29, 0.717) is 22.4 Å². The zero-order valence-corrected chi connectivity index (χ0v) is 10.7. The maximum absolute atomic E-state index is 11.7. The van der Waals surface area contributed by atoms with Crippen LogP contribution >= 0.6 is 11.3 Å². The van der Waals surface area contributed by atoms with Crippen molar-refractivity contribution in [3.05, 3.63) is 16.0 Å². The normalized spacial score (nSPS) is 23.9. The van der Waals surface area contributed by atoms with Crippen LogP contribution < -0.4 is 5.73 Å². The van der Waals surface area contributed by atoms with Crippen LogP contribution in [0.15, 0.2) is 0 Å². The quantitative estimate of drug-likeness (QED) is 0.767. The van der Waals surface area contributed by atoms with Crippen molar-refractivity contribution in [1.82, 2.24) is 0 Å². The van der Waals surface area contributed by atoms with Crippen LogP contribution in [-0.2, 0) is 11.2 Å². The number of ether oxygens (including phenoxy) is 1. The third kappa shape index (κ3) is 1.71. The van der Waals surface area contributed by atoms with Crippen molar-refractivity contribution >= 4 is 22.3 Å². The first kappa shape index (κ1) is 11.5. The average Bonchev–Trinajstić information content (AvgIpc) is 2.54. The first-order valence-corrected chi connectivity index (χ1v) is 6.35. The molecule has 0 bridgehead atoms. The molecule has 0 saturated carbocycles. The van der Waals surface area contributed by atoms with Crippen molar-refractivity contribution in [2.24, 2.45) is 5.92 Å². The highest BCUT2D eigenvalue weighted by Crippen LogP contribution is 2.43. The highest BCUT2D eigenvalue weighted by atomic mass is 32.1. The van der Waals surface area contributed by atoms with E-state index in [2.05, 4.69) is 13.8 Å². The molecule has 16 heavy (non-hydrogen) atoms. The summed E-state index contributed by atoms with van der Waals surface area (Å²) in [4.78, 5) is 13.0. The van der Waals surface area contributed by atoms with Gasteiger partial charge in [0, 0.05) is 4.88 Å². The number of hydrogen-bond acceptors (Lipinski definition) is 4. The van der Waals surface area contributed by atoms with E-state index < -0.39 is 0 Å². The number of carbonyl (C=O) groups excluding carboxylic acids is 1. The Labute approximate surface area is 99.6 Å². The molecule has 1 aliphatic carbocycles. The third-order valence-electron chi connectivity index (χ3n) is 3.21. The van der Waals surface area contributed by atoms with Crippen molar-refractivity contribution in [2.75, 3.05) is 12.8 Å². The van der Waals surface area contributed by atoms with Crippen LogP contribution in [-0.4, -0.2) is 13.1 Å². The van der Waals surface area contributed by atoms with Gasteiger partial charge in [0.25, 0.3) is 0 Å². The molecular weight excluding hydrogens is 222 g/mol. The van der Waals surface area contributed by atoms with Crippen molar-refractivity contribution in [1.29, 1.82) is 0 Å². The number of hydrogen-bond donors (Lipinski definition) is 1. The first-order chi connectivity index (χ1) is 7.54. The van der Waals surface area contributed by atoms with E-state index in [4.69, 9.17) is 10.5 Å². The van der Waals surface area contributed by atoms with Gasteiger partial charge in [-0.2, -0.15) is 0 Å². The molecule has 1 aliphatic rings. The van der Waals surface area contributed by atoms with E-state index in [-0.39, 0.29) is 5.97 Å². The fourth-order valence-electron chi connectivity index (χ4n) is 2.57. The van der Waals surface area contributed by atoms with Crippen LogP contribution in [0.5, 0.6) is 0 Å². The molecule has 0 aliphatic heterocycles. The summed E-state index contributed by atoms with van der Waals surface area (Å²) < 4.78 is 4.80. The molecule has 1 aromatic rings. The van der Waals surface area contributed by atoms with Crippen LogP contribution in [0.1, 0.15) is 47.0 Å². The summed E-state index contributed by atoms with van der Waals surface area (Å²) in [7, 11) is 1.40. The van der Waals surface area contributed by atoms with Gasteiger partial charge >= 0.3 is 5.97 Å². The lowest BCUT2D eigenvalue weighted by molar-refractivity contribution is 0.0600. The number of nitrogens with two attached hydrogens (primary N) is 1. The van der Waals surface area contributed by atoms with Crippen molar-refractivity contribution in [3.63, 3.8) is 0 Å². The second-order valence-electron chi connectivity index (χ2n) is 4.62. The summed E-state index contributed by atoms with van der Waals surface area (Å²) in [5, 5.41) is 0.609. The summed E-state index contributed by atoms with van der Waals surface area (Å²) in [5.41, 5.74) is 7.66. The van der Waals surface area contributed by atoms with E-state index in [0.717, 1.165) is 12.0 Å². The molecule has 3 nitrogen and oxygen atoms in total. The molecular formula is C12H17NO2S. The summed E-state index contributed by atoms with van der Waals surface area (Å²) in [5.74, 6) is 0.820. The van der Waals surface area contributed by atoms with Gasteiger partial charge < -0.3 is 10.5 Å². The Morgan fingerprint density at radius 1 is 1.50 bits per heavy atom. The molecule has 2 rings (SSSR count). The maximum atomic E-state index is 11.7. The van der Waals surface area contributed by atoms with Gasteiger partial charge in [-0.15, -0.1) is 11.3 Å². The minimum absolute atomic E-state index is 0.295.